The van der Waals surface area contributed by atoms with Crippen molar-refractivity contribution in [3.05, 3.63) is 22.5 Å². The van der Waals surface area contributed by atoms with Crippen LogP contribution in [-0.2, 0) is 22.4 Å². The van der Waals surface area contributed by atoms with Gasteiger partial charge in [0.05, 0.1) is 12.1 Å². The molecule has 1 aromatic rings. The van der Waals surface area contributed by atoms with Crippen molar-refractivity contribution in [3.8, 4) is 0 Å². The van der Waals surface area contributed by atoms with Gasteiger partial charge in [0.1, 0.15) is 11.8 Å². The maximum absolute atomic E-state index is 12.7. The molecule has 0 radical (unpaired) electrons. The number of ketones is 1. The van der Waals surface area contributed by atoms with E-state index in [2.05, 4.69) is 10.2 Å². The molecule has 2 heterocycles. The summed E-state index contributed by atoms with van der Waals surface area (Å²) < 4.78 is 38.2. The Balaban J connectivity index is 2.13. The maximum Gasteiger partial charge on any atom is 0.408 e. The van der Waals surface area contributed by atoms with Crippen molar-refractivity contribution in [2.24, 2.45) is 11.3 Å². The molecule has 0 bridgehead atoms. The zero-order chi connectivity index (χ0) is 19.0. The van der Waals surface area contributed by atoms with Gasteiger partial charge >= 0.3 is 6.18 Å². The highest BCUT2D eigenvalue weighted by atomic mass is 35.5. The molecular weight excluding hydrogens is 359 g/mol. The Morgan fingerprint density at radius 3 is 2.48 bits per heavy atom. The van der Waals surface area contributed by atoms with Crippen molar-refractivity contribution in [1.82, 2.24) is 15.5 Å². The van der Waals surface area contributed by atoms with Gasteiger partial charge in [0.15, 0.2) is 5.15 Å². The molecular formula is C16H19ClF3N3O2. The molecule has 1 amide bonds. The summed E-state index contributed by atoms with van der Waals surface area (Å²) in [7, 11) is 0. The Kier molecular flexibility index (Phi) is 5.41. The number of alkyl halides is 3. The number of carbonyl (C=O) groups is 2. The molecule has 1 N–H and O–H groups in total. The zero-order valence-corrected chi connectivity index (χ0v) is 14.8. The number of aromatic nitrogens is 2. The minimum Gasteiger partial charge on any atom is -0.344 e. The number of halogens is 4. The van der Waals surface area contributed by atoms with E-state index in [1.807, 2.05) is 5.32 Å². The number of hydrogen-bond acceptors (Lipinski definition) is 4. The molecule has 0 aromatic carbocycles. The summed E-state index contributed by atoms with van der Waals surface area (Å²) >= 11 is 5.96. The van der Waals surface area contributed by atoms with Crippen molar-refractivity contribution in [2.45, 2.75) is 52.3 Å². The molecule has 2 atom stereocenters. The van der Waals surface area contributed by atoms with Crippen LogP contribution >= 0.6 is 11.6 Å². The molecule has 138 valence electrons. The Hall–Kier alpha value is -1.70. The first-order valence-electron chi connectivity index (χ1n) is 7.79. The fraction of sp³-hybridized carbons (Fsp3) is 0.625. The lowest BCUT2D eigenvalue weighted by Gasteiger charge is -2.16. The van der Waals surface area contributed by atoms with Crippen LogP contribution in [0.3, 0.4) is 0 Å². The summed E-state index contributed by atoms with van der Waals surface area (Å²) in [6, 6.07) is -0.312. The maximum atomic E-state index is 12.7. The normalized spacial score (nSPS) is 21.3. The highest BCUT2D eigenvalue weighted by molar-refractivity contribution is 6.30. The van der Waals surface area contributed by atoms with Crippen LogP contribution in [0.5, 0.6) is 0 Å². The van der Waals surface area contributed by atoms with Gasteiger partial charge in [0.25, 0.3) is 0 Å². The number of nitrogens with zero attached hydrogens (tertiary/aromatic N) is 2. The minimum absolute atomic E-state index is 0.0173. The molecule has 2 rings (SSSR count). The fourth-order valence-electron chi connectivity index (χ4n) is 2.52. The summed E-state index contributed by atoms with van der Waals surface area (Å²) in [6.07, 6.45) is -4.77. The second-order valence-corrected chi connectivity index (χ2v) is 7.60. The molecule has 1 fully saturated rings. The number of hydrogen-bond donors (Lipinski definition) is 1. The predicted molar refractivity (Wildman–Crippen MR) is 85.0 cm³/mol. The third kappa shape index (κ3) is 4.90. The van der Waals surface area contributed by atoms with Gasteiger partial charge in [-0.15, -0.1) is 5.10 Å². The zero-order valence-electron chi connectivity index (χ0n) is 14.1. The van der Waals surface area contributed by atoms with Crippen molar-refractivity contribution >= 4 is 23.3 Å². The van der Waals surface area contributed by atoms with E-state index in [1.165, 1.54) is 6.07 Å². The number of rotatable bonds is 4. The van der Waals surface area contributed by atoms with Crippen LogP contribution in [0.1, 0.15) is 38.4 Å². The topological polar surface area (TPSA) is 72.0 Å². The van der Waals surface area contributed by atoms with E-state index in [-0.39, 0.29) is 30.2 Å². The molecule has 9 heteroatoms. The van der Waals surface area contributed by atoms with Crippen LogP contribution in [0.15, 0.2) is 6.07 Å². The second-order valence-electron chi connectivity index (χ2n) is 7.24. The van der Waals surface area contributed by atoms with E-state index in [4.69, 9.17) is 11.6 Å². The van der Waals surface area contributed by atoms with Gasteiger partial charge < -0.3 is 5.32 Å². The van der Waals surface area contributed by atoms with E-state index >= 15 is 0 Å². The molecule has 1 unspecified atom stereocenters. The number of Topliss-reactive ketones (excluding diaryl/α,β-unsaturated/α-hetero) is 1. The summed E-state index contributed by atoms with van der Waals surface area (Å²) in [5, 5.41) is 9.59. The summed E-state index contributed by atoms with van der Waals surface area (Å²) in [6.45, 7) is 5.33. The number of carbonyl (C=O) groups excluding carboxylic acids is 2. The minimum atomic E-state index is -4.48. The smallest absolute Gasteiger partial charge is 0.344 e. The van der Waals surface area contributed by atoms with E-state index in [0.29, 0.717) is 11.3 Å². The Bertz CT molecular complexity index is 686. The van der Waals surface area contributed by atoms with Crippen LogP contribution in [0.2, 0.25) is 5.15 Å². The Labute approximate surface area is 148 Å². The van der Waals surface area contributed by atoms with Gasteiger partial charge in [-0.2, -0.15) is 18.3 Å². The summed E-state index contributed by atoms with van der Waals surface area (Å²) in [5.74, 6) is -1.56. The third-order valence-electron chi connectivity index (χ3n) is 4.12. The van der Waals surface area contributed by atoms with Gasteiger partial charge in [0.2, 0.25) is 5.91 Å². The molecule has 1 aliphatic rings. The molecule has 5 nitrogen and oxygen atoms in total. The second kappa shape index (κ2) is 6.90. The van der Waals surface area contributed by atoms with Gasteiger partial charge in [-0.05, 0) is 24.5 Å². The molecule has 1 aromatic heterocycles. The molecule has 25 heavy (non-hydrogen) atoms. The van der Waals surface area contributed by atoms with Crippen LogP contribution < -0.4 is 5.32 Å². The molecule has 0 aliphatic carbocycles. The Morgan fingerprint density at radius 2 is 1.96 bits per heavy atom. The van der Waals surface area contributed by atoms with Crippen LogP contribution in [0.4, 0.5) is 13.2 Å². The lowest BCUT2D eigenvalue weighted by Crippen LogP contribution is -2.38. The summed E-state index contributed by atoms with van der Waals surface area (Å²) in [5.41, 5.74) is 0.244. The number of nitrogens with one attached hydrogen (secondary N) is 1. The standard InChI is InChI=1S/C16H19ClF3N3O2/c1-15(2,3)12(24)7-10-5-8(13(17)23-22-10)4-9-6-11(16(18,19)20)21-14(9)25/h5,9,11H,4,6-7H2,1-3H3,(H,21,25)/t9?,11-/m0/s1. The third-order valence-corrected chi connectivity index (χ3v) is 4.44. The van der Waals surface area contributed by atoms with E-state index < -0.39 is 29.5 Å². The van der Waals surface area contributed by atoms with E-state index in [0.717, 1.165) is 0 Å². The molecule has 1 aliphatic heterocycles. The average molecular weight is 378 g/mol. The monoisotopic (exact) mass is 377 g/mol. The van der Waals surface area contributed by atoms with Crippen molar-refractivity contribution in [1.29, 1.82) is 0 Å². The Morgan fingerprint density at radius 1 is 1.32 bits per heavy atom. The quantitative estimate of drug-likeness (QED) is 0.875. The van der Waals surface area contributed by atoms with Gasteiger partial charge in [-0.1, -0.05) is 32.4 Å². The predicted octanol–water partition coefficient (Wildman–Crippen LogP) is 2.90. The molecule has 1 saturated heterocycles. The highest BCUT2D eigenvalue weighted by Gasteiger charge is 2.47. The highest BCUT2D eigenvalue weighted by Crippen LogP contribution is 2.32. The SMILES string of the molecule is CC(C)(C)C(=O)Cc1cc(CC2C[C@@H](C(F)(F)F)NC2=O)c(Cl)nn1. The average Bonchev–Trinajstić information content (AvgIpc) is 2.83. The molecule has 0 saturated carbocycles. The van der Waals surface area contributed by atoms with Gasteiger partial charge in [-0.3, -0.25) is 9.59 Å². The van der Waals surface area contributed by atoms with Crippen molar-refractivity contribution in [3.63, 3.8) is 0 Å². The largest absolute Gasteiger partial charge is 0.408 e. The van der Waals surface area contributed by atoms with E-state index in [9.17, 15) is 22.8 Å². The van der Waals surface area contributed by atoms with Crippen LogP contribution in [-0.4, -0.2) is 34.1 Å². The number of amides is 1. The van der Waals surface area contributed by atoms with Gasteiger partial charge in [-0.25, -0.2) is 0 Å². The van der Waals surface area contributed by atoms with Gasteiger partial charge in [0, 0.05) is 11.3 Å². The molecule has 0 spiro atoms. The summed E-state index contributed by atoms with van der Waals surface area (Å²) in [4.78, 5) is 23.9. The first kappa shape index (κ1) is 19.6. The van der Waals surface area contributed by atoms with Crippen LogP contribution in [0.25, 0.3) is 0 Å². The van der Waals surface area contributed by atoms with Crippen molar-refractivity contribution in [2.75, 3.05) is 0 Å². The fourth-order valence-corrected chi connectivity index (χ4v) is 2.69. The van der Waals surface area contributed by atoms with E-state index in [1.54, 1.807) is 20.8 Å². The van der Waals surface area contributed by atoms with Crippen LogP contribution in [0, 0.1) is 11.3 Å². The first-order valence-corrected chi connectivity index (χ1v) is 8.17. The lowest BCUT2D eigenvalue weighted by molar-refractivity contribution is -0.154. The van der Waals surface area contributed by atoms with Crippen molar-refractivity contribution < 1.29 is 22.8 Å². The first-order chi connectivity index (χ1) is 11.4. The lowest BCUT2D eigenvalue weighted by atomic mass is 9.88.